The fourth-order valence-corrected chi connectivity index (χ4v) is 1.67. The molecule has 1 aromatic carbocycles. The molecule has 0 saturated carbocycles. The number of aryl methyl sites for hydroxylation is 1. The largest absolute Gasteiger partial charge is 0.496 e. The summed E-state index contributed by atoms with van der Waals surface area (Å²) < 4.78 is 5.30. The number of benzene rings is 1. The first-order chi connectivity index (χ1) is 7.45. The van der Waals surface area contributed by atoms with E-state index < -0.39 is 5.37 Å². The first kappa shape index (κ1) is 12.8. The van der Waals surface area contributed by atoms with Gasteiger partial charge in [0.15, 0.2) is 0 Å². The number of nitrogens with one attached hydrogen (secondary N) is 1. The van der Waals surface area contributed by atoms with Crippen LogP contribution in [0.3, 0.4) is 0 Å². The smallest absolute Gasteiger partial charge is 0.318 e. The summed E-state index contributed by atoms with van der Waals surface area (Å²) in [5, 5.41) is 2.01. The number of methoxy groups -OCH3 is 1. The topological polar surface area (TPSA) is 38.3 Å². The summed E-state index contributed by atoms with van der Waals surface area (Å²) in [5.41, 5.74) is 2.70. The average Bonchev–Trinajstić information content (AvgIpc) is 2.19. The van der Waals surface area contributed by atoms with Gasteiger partial charge in [0.05, 0.1) is 7.11 Å². The third-order valence-electron chi connectivity index (χ3n) is 2.43. The fraction of sp³-hybridized carbons (Fsp3) is 0.417. The van der Waals surface area contributed by atoms with Gasteiger partial charge in [-0.2, -0.15) is 0 Å². The molecular weight excluding hydrogens is 226 g/mol. The Morgan fingerprint density at radius 1 is 1.44 bits per heavy atom. The van der Waals surface area contributed by atoms with Crippen LogP contribution in [-0.4, -0.2) is 12.5 Å². The van der Waals surface area contributed by atoms with Gasteiger partial charge in [0.25, 0.3) is 0 Å². The van der Waals surface area contributed by atoms with E-state index in [4.69, 9.17) is 16.3 Å². The van der Waals surface area contributed by atoms with E-state index in [0.717, 1.165) is 22.6 Å². The minimum absolute atomic E-state index is 0.321. The minimum atomic E-state index is -0.581. The molecule has 1 aromatic rings. The Labute approximate surface area is 101 Å². The molecule has 3 nitrogen and oxygen atoms in total. The van der Waals surface area contributed by atoms with E-state index in [-0.39, 0.29) is 0 Å². The van der Waals surface area contributed by atoms with Crippen LogP contribution in [-0.2, 0) is 0 Å². The molecule has 88 valence electrons. The Balaban J connectivity index is 3.21. The van der Waals surface area contributed by atoms with Crippen molar-refractivity contribution in [2.45, 2.75) is 26.7 Å². The van der Waals surface area contributed by atoms with Gasteiger partial charge in [-0.15, -0.1) is 0 Å². The molecule has 0 atom stereocenters. The Hall–Kier alpha value is -1.22. The molecule has 0 aliphatic carbocycles. The van der Waals surface area contributed by atoms with Crippen molar-refractivity contribution in [3.05, 3.63) is 23.3 Å². The van der Waals surface area contributed by atoms with Gasteiger partial charge in [-0.25, -0.2) is 0 Å². The van der Waals surface area contributed by atoms with Crippen LogP contribution >= 0.6 is 11.6 Å². The summed E-state index contributed by atoms with van der Waals surface area (Å²) in [4.78, 5) is 10.8. The van der Waals surface area contributed by atoms with Gasteiger partial charge < -0.3 is 10.1 Å². The normalized spacial score (nSPS) is 10.4. The van der Waals surface area contributed by atoms with Gasteiger partial charge in [0.1, 0.15) is 5.75 Å². The van der Waals surface area contributed by atoms with Crippen molar-refractivity contribution in [2.24, 2.45) is 0 Å². The number of carbonyl (C=O) groups excluding carboxylic acids is 1. The van der Waals surface area contributed by atoms with Gasteiger partial charge in [0.2, 0.25) is 0 Å². The second-order valence-corrected chi connectivity index (χ2v) is 4.31. The van der Waals surface area contributed by atoms with Crippen LogP contribution in [0.4, 0.5) is 10.5 Å². The Morgan fingerprint density at radius 3 is 2.50 bits per heavy atom. The van der Waals surface area contributed by atoms with Crippen molar-refractivity contribution in [3.8, 4) is 5.75 Å². The number of rotatable bonds is 3. The van der Waals surface area contributed by atoms with Crippen LogP contribution in [0.5, 0.6) is 5.75 Å². The summed E-state index contributed by atoms with van der Waals surface area (Å²) in [6, 6.07) is 3.80. The van der Waals surface area contributed by atoms with Crippen LogP contribution in [0.25, 0.3) is 0 Å². The summed E-state index contributed by atoms with van der Waals surface area (Å²) in [7, 11) is 1.64. The van der Waals surface area contributed by atoms with Crippen molar-refractivity contribution in [1.29, 1.82) is 0 Å². The molecule has 0 fully saturated rings. The van der Waals surface area contributed by atoms with Crippen LogP contribution < -0.4 is 10.1 Å². The van der Waals surface area contributed by atoms with Crippen LogP contribution in [0.1, 0.15) is 30.9 Å². The van der Waals surface area contributed by atoms with Crippen molar-refractivity contribution in [1.82, 2.24) is 0 Å². The van der Waals surface area contributed by atoms with Gasteiger partial charge in [-0.1, -0.05) is 13.8 Å². The maximum atomic E-state index is 10.8. The van der Waals surface area contributed by atoms with E-state index in [9.17, 15) is 4.79 Å². The second kappa shape index (κ2) is 5.21. The lowest BCUT2D eigenvalue weighted by atomic mass is 9.99. The predicted molar refractivity (Wildman–Crippen MR) is 66.7 cm³/mol. The van der Waals surface area contributed by atoms with Crippen molar-refractivity contribution < 1.29 is 9.53 Å². The zero-order chi connectivity index (χ0) is 12.3. The number of halogens is 1. The summed E-state index contributed by atoms with van der Waals surface area (Å²) in [5.74, 6) is 1.15. The van der Waals surface area contributed by atoms with Gasteiger partial charge in [0, 0.05) is 5.69 Å². The lowest BCUT2D eigenvalue weighted by Gasteiger charge is -2.15. The highest BCUT2D eigenvalue weighted by Crippen LogP contribution is 2.32. The lowest BCUT2D eigenvalue weighted by molar-refractivity contribution is 0.269. The summed E-state index contributed by atoms with van der Waals surface area (Å²) >= 11 is 5.31. The van der Waals surface area contributed by atoms with Crippen molar-refractivity contribution >= 4 is 22.7 Å². The molecule has 1 N–H and O–H groups in total. The molecule has 16 heavy (non-hydrogen) atoms. The highest BCUT2D eigenvalue weighted by atomic mass is 35.5. The van der Waals surface area contributed by atoms with Crippen LogP contribution in [0.15, 0.2) is 12.1 Å². The van der Waals surface area contributed by atoms with Crippen LogP contribution in [0.2, 0.25) is 0 Å². The SMILES string of the molecule is COc1cc(C)c(NC(=O)Cl)cc1C(C)C. The molecule has 4 heteroatoms. The van der Waals surface area contributed by atoms with Crippen LogP contribution in [0, 0.1) is 6.92 Å². The van der Waals surface area contributed by atoms with Gasteiger partial charge >= 0.3 is 5.37 Å². The molecule has 0 unspecified atom stereocenters. The second-order valence-electron chi connectivity index (χ2n) is 3.96. The highest BCUT2D eigenvalue weighted by Gasteiger charge is 2.11. The molecular formula is C12H16ClNO2. The standard InChI is InChI=1S/C12H16ClNO2/c1-7(2)9-6-10(14-12(13)15)8(3)5-11(9)16-4/h5-7H,1-4H3,(H,14,15). The summed E-state index contributed by atoms with van der Waals surface area (Å²) in [6.45, 7) is 6.04. The van der Waals surface area contributed by atoms with E-state index in [1.807, 2.05) is 19.1 Å². The molecule has 1 rings (SSSR count). The van der Waals surface area contributed by atoms with Gasteiger partial charge in [-0.05, 0) is 47.7 Å². The molecule has 0 bridgehead atoms. The molecule has 0 heterocycles. The number of hydrogen-bond donors (Lipinski definition) is 1. The monoisotopic (exact) mass is 241 g/mol. The van der Waals surface area contributed by atoms with Crippen molar-refractivity contribution in [2.75, 3.05) is 12.4 Å². The number of anilines is 1. The van der Waals surface area contributed by atoms with Crippen molar-refractivity contribution in [3.63, 3.8) is 0 Å². The number of carbonyl (C=O) groups is 1. The van der Waals surface area contributed by atoms with E-state index in [2.05, 4.69) is 19.2 Å². The average molecular weight is 242 g/mol. The zero-order valence-corrected chi connectivity index (χ0v) is 10.7. The Kier molecular flexibility index (Phi) is 4.19. The number of ether oxygens (including phenoxy) is 1. The maximum Gasteiger partial charge on any atom is 0.318 e. The lowest BCUT2D eigenvalue weighted by Crippen LogP contribution is -2.05. The number of hydrogen-bond acceptors (Lipinski definition) is 2. The van der Waals surface area contributed by atoms with E-state index >= 15 is 0 Å². The molecule has 0 aliphatic heterocycles. The minimum Gasteiger partial charge on any atom is -0.496 e. The summed E-state index contributed by atoms with van der Waals surface area (Å²) in [6.07, 6.45) is 0. The molecule has 0 aliphatic rings. The molecule has 0 spiro atoms. The quantitative estimate of drug-likeness (QED) is 0.644. The van der Waals surface area contributed by atoms with E-state index in [0.29, 0.717) is 5.92 Å². The third kappa shape index (κ3) is 2.89. The van der Waals surface area contributed by atoms with Gasteiger partial charge in [-0.3, -0.25) is 4.79 Å². The Bertz CT molecular complexity index is 402. The molecule has 0 radical (unpaired) electrons. The van der Waals surface area contributed by atoms with E-state index in [1.165, 1.54) is 0 Å². The Morgan fingerprint density at radius 2 is 2.06 bits per heavy atom. The first-order valence-corrected chi connectivity index (χ1v) is 5.48. The first-order valence-electron chi connectivity index (χ1n) is 5.10. The molecule has 0 saturated heterocycles. The highest BCUT2D eigenvalue weighted by molar-refractivity contribution is 6.65. The van der Waals surface area contributed by atoms with E-state index in [1.54, 1.807) is 7.11 Å². The zero-order valence-electron chi connectivity index (χ0n) is 9.93. The third-order valence-corrected chi connectivity index (χ3v) is 2.53. The number of amides is 1. The fourth-order valence-electron chi connectivity index (χ4n) is 1.57. The predicted octanol–water partition coefficient (Wildman–Crippen LogP) is 3.90. The molecule has 0 aromatic heterocycles. The maximum absolute atomic E-state index is 10.8. The molecule has 1 amide bonds.